The summed E-state index contributed by atoms with van der Waals surface area (Å²) in [5.74, 6) is -0.141. The van der Waals surface area contributed by atoms with Gasteiger partial charge in [0.2, 0.25) is 0 Å². The topological polar surface area (TPSA) is 62.6 Å². The molecule has 0 aliphatic carbocycles. The van der Waals surface area contributed by atoms with Crippen molar-refractivity contribution >= 4 is 5.91 Å². The van der Waals surface area contributed by atoms with Crippen LogP contribution in [-0.2, 0) is 5.41 Å². The molecule has 1 aromatic heterocycles. The average molecular weight is 249 g/mol. The second-order valence-electron chi connectivity index (χ2n) is 5.29. The molecule has 0 spiro atoms. The van der Waals surface area contributed by atoms with Crippen molar-refractivity contribution in [1.82, 2.24) is 9.88 Å². The molecule has 0 fully saturated rings. The predicted molar refractivity (Wildman–Crippen MR) is 70.6 cm³/mol. The highest BCUT2D eigenvalue weighted by molar-refractivity contribution is 5.93. The van der Waals surface area contributed by atoms with Crippen molar-refractivity contribution in [3.63, 3.8) is 0 Å². The van der Waals surface area contributed by atoms with Gasteiger partial charge in [0, 0.05) is 26.0 Å². The Kier molecular flexibility index (Phi) is 4.53. The third kappa shape index (κ3) is 3.61. The maximum atomic E-state index is 12.1. The molecule has 1 heterocycles. The van der Waals surface area contributed by atoms with E-state index in [-0.39, 0.29) is 17.9 Å². The molecule has 0 aliphatic heterocycles. The summed E-state index contributed by atoms with van der Waals surface area (Å²) in [4.78, 5) is 27.7. The fourth-order valence-electron chi connectivity index (χ4n) is 1.48. The first-order valence-corrected chi connectivity index (χ1v) is 5.86. The van der Waals surface area contributed by atoms with E-state index >= 15 is 0 Å². The number of hydrogen-bond donors (Lipinski definition) is 0. The van der Waals surface area contributed by atoms with Crippen LogP contribution in [-0.4, -0.2) is 35.9 Å². The number of pyridine rings is 1. The Morgan fingerprint density at radius 2 is 2.06 bits per heavy atom. The molecular weight excluding hydrogens is 230 g/mol. The Morgan fingerprint density at radius 1 is 1.39 bits per heavy atom. The quantitative estimate of drug-likeness (QED) is 0.768. The van der Waals surface area contributed by atoms with Crippen LogP contribution < -0.4 is 0 Å². The van der Waals surface area contributed by atoms with Crippen molar-refractivity contribution < 1.29 is 4.79 Å². The zero-order chi connectivity index (χ0) is 13.8. The van der Waals surface area contributed by atoms with Gasteiger partial charge in [0.1, 0.15) is 0 Å². The SMILES string of the molecule is CN(CCN=O)C(=O)c1cncc(C(C)(C)C)c1. The summed E-state index contributed by atoms with van der Waals surface area (Å²) in [5, 5.41) is 2.75. The van der Waals surface area contributed by atoms with E-state index in [0.717, 1.165) is 5.56 Å². The average Bonchev–Trinajstić information content (AvgIpc) is 2.34. The minimum Gasteiger partial charge on any atom is -0.340 e. The smallest absolute Gasteiger partial charge is 0.255 e. The summed E-state index contributed by atoms with van der Waals surface area (Å²) in [6.45, 7) is 6.63. The number of aromatic nitrogens is 1. The maximum Gasteiger partial charge on any atom is 0.255 e. The Morgan fingerprint density at radius 3 is 2.61 bits per heavy atom. The van der Waals surface area contributed by atoms with E-state index in [1.807, 2.05) is 6.07 Å². The van der Waals surface area contributed by atoms with Gasteiger partial charge in [-0.25, -0.2) is 0 Å². The highest BCUT2D eigenvalue weighted by Crippen LogP contribution is 2.22. The van der Waals surface area contributed by atoms with Crippen LogP contribution in [0.3, 0.4) is 0 Å². The van der Waals surface area contributed by atoms with E-state index < -0.39 is 0 Å². The Labute approximate surface area is 107 Å². The molecule has 0 aromatic carbocycles. The molecule has 0 radical (unpaired) electrons. The van der Waals surface area contributed by atoms with Crippen molar-refractivity contribution in [3.05, 3.63) is 34.5 Å². The number of amides is 1. The molecule has 98 valence electrons. The standard InChI is InChI=1S/C13H19N3O2/c1-13(2,3)11-7-10(8-14-9-11)12(17)16(4)6-5-15-18/h7-9H,5-6H2,1-4H3. The lowest BCUT2D eigenvalue weighted by Crippen LogP contribution is -2.29. The first-order chi connectivity index (χ1) is 8.36. The molecular formula is C13H19N3O2. The van der Waals surface area contributed by atoms with E-state index in [9.17, 15) is 9.70 Å². The molecule has 18 heavy (non-hydrogen) atoms. The Balaban J connectivity index is 2.90. The van der Waals surface area contributed by atoms with Crippen molar-refractivity contribution in [3.8, 4) is 0 Å². The van der Waals surface area contributed by atoms with E-state index in [0.29, 0.717) is 12.1 Å². The molecule has 5 heteroatoms. The zero-order valence-electron chi connectivity index (χ0n) is 11.3. The van der Waals surface area contributed by atoms with Crippen molar-refractivity contribution in [2.24, 2.45) is 5.18 Å². The fraction of sp³-hybridized carbons (Fsp3) is 0.538. The van der Waals surface area contributed by atoms with Gasteiger partial charge in [-0.15, -0.1) is 0 Å². The van der Waals surface area contributed by atoms with Gasteiger partial charge in [-0.2, -0.15) is 4.91 Å². The molecule has 1 amide bonds. The van der Waals surface area contributed by atoms with E-state index in [2.05, 4.69) is 30.9 Å². The highest BCUT2D eigenvalue weighted by Gasteiger charge is 2.18. The van der Waals surface area contributed by atoms with Gasteiger partial charge < -0.3 is 4.90 Å². The number of hydrogen-bond acceptors (Lipinski definition) is 4. The number of carbonyl (C=O) groups is 1. The fourth-order valence-corrected chi connectivity index (χ4v) is 1.48. The van der Waals surface area contributed by atoms with Crippen LogP contribution in [0.1, 0.15) is 36.7 Å². The monoisotopic (exact) mass is 249 g/mol. The first-order valence-electron chi connectivity index (χ1n) is 5.86. The van der Waals surface area contributed by atoms with Gasteiger partial charge in [0.25, 0.3) is 5.91 Å². The van der Waals surface area contributed by atoms with Crippen LogP contribution >= 0.6 is 0 Å². The largest absolute Gasteiger partial charge is 0.340 e. The summed E-state index contributed by atoms with van der Waals surface area (Å²) in [7, 11) is 1.65. The summed E-state index contributed by atoms with van der Waals surface area (Å²) < 4.78 is 0. The number of carbonyl (C=O) groups excluding carboxylic acids is 1. The number of likely N-dealkylation sites (N-methyl/N-ethyl adjacent to an activating group) is 1. The molecule has 1 rings (SSSR count). The van der Waals surface area contributed by atoms with Gasteiger partial charge in [-0.1, -0.05) is 25.9 Å². The van der Waals surface area contributed by atoms with Gasteiger partial charge in [-0.05, 0) is 17.0 Å². The molecule has 5 nitrogen and oxygen atoms in total. The van der Waals surface area contributed by atoms with E-state index in [1.165, 1.54) is 4.90 Å². The molecule has 0 atom stereocenters. The van der Waals surface area contributed by atoms with Gasteiger partial charge in [0.15, 0.2) is 0 Å². The lowest BCUT2D eigenvalue weighted by Gasteiger charge is -2.20. The summed E-state index contributed by atoms with van der Waals surface area (Å²) in [6, 6.07) is 1.85. The third-order valence-corrected chi connectivity index (χ3v) is 2.72. The van der Waals surface area contributed by atoms with E-state index in [4.69, 9.17) is 0 Å². The summed E-state index contributed by atoms with van der Waals surface area (Å²) in [5.41, 5.74) is 1.50. The highest BCUT2D eigenvalue weighted by atomic mass is 16.3. The van der Waals surface area contributed by atoms with E-state index in [1.54, 1.807) is 19.4 Å². The number of nitrogens with zero attached hydrogens (tertiary/aromatic N) is 3. The molecule has 0 unspecified atom stereocenters. The van der Waals surface area contributed by atoms with Crippen LogP contribution in [0.2, 0.25) is 0 Å². The Hall–Kier alpha value is -1.78. The second kappa shape index (κ2) is 5.71. The zero-order valence-corrected chi connectivity index (χ0v) is 11.3. The van der Waals surface area contributed by atoms with Crippen LogP contribution in [0.25, 0.3) is 0 Å². The molecule has 1 aromatic rings. The van der Waals surface area contributed by atoms with Crippen molar-refractivity contribution in [2.45, 2.75) is 26.2 Å². The van der Waals surface area contributed by atoms with Crippen molar-refractivity contribution in [1.29, 1.82) is 0 Å². The van der Waals surface area contributed by atoms with Gasteiger partial charge in [0.05, 0.1) is 12.1 Å². The molecule has 0 saturated heterocycles. The molecule has 0 N–H and O–H groups in total. The summed E-state index contributed by atoms with van der Waals surface area (Å²) in [6.07, 6.45) is 3.31. The van der Waals surface area contributed by atoms with Crippen LogP contribution in [0.5, 0.6) is 0 Å². The lowest BCUT2D eigenvalue weighted by atomic mass is 9.87. The predicted octanol–water partition coefficient (Wildman–Crippen LogP) is 2.22. The maximum absolute atomic E-state index is 12.1. The normalized spacial score (nSPS) is 11.1. The van der Waals surface area contributed by atoms with Gasteiger partial charge in [-0.3, -0.25) is 9.78 Å². The number of rotatable bonds is 4. The van der Waals surface area contributed by atoms with Crippen LogP contribution in [0.15, 0.2) is 23.6 Å². The number of nitroso groups, excluding NO2 is 1. The minimum atomic E-state index is -0.141. The van der Waals surface area contributed by atoms with Crippen LogP contribution in [0, 0.1) is 4.91 Å². The third-order valence-electron chi connectivity index (χ3n) is 2.72. The van der Waals surface area contributed by atoms with Gasteiger partial charge >= 0.3 is 0 Å². The Bertz CT molecular complexity index is 438. The minimum absolute atomic E-state index is 0.0494. The second-order valence-corrected chi connectivity index (χ2v) is 5.29. The van der Waals surface area contributed by atoms with Crippen LogP contribution in [0.4, 0.5) is 0 Å². The molecule has 0 aliphatic rings. The molecule has 0 saturated carbocycles. The molecule has 0 bridgehead atoms. The van der Waals surface area contributed by atoms with Crippen molar-refractivity contribution in [2.75, 3.05) is 20.1 Å². The first kappa shape index (κ1) is 14.3. The lowest BCUT2D eigenvalue weighted by molar-refractivity contribution is 0.0798. The summed E-state index contributed by atoms with van der Waals surface area (Å²) >= 11 is 0.